The third-order valence-electron chi connectivity index (χ3n) is 4.44. The Morgan fingerprint density at radius 1 is 0.793 bits per heavy atom. The van der Waals surface area contributed by atoms with Gasteiger partial charge in [0.1, 0.15) is 16.9 Å². The van der Waals surface area contributed by atoms with Gasteiger partial charge in [-0.15, -0.1) is 0 Å². The summed E-state index contributed by atoms with van der Waals surface area (Å²) in [6.45, 7) is 0. The van der Waals surface area contributed by atoms with Crippen molar-refractivity contribution in [1.29, 1.82) is 0 Å². The Bertz CT molecular complexity index is 1380. The van der Waals surface area contributed by atoms with Crippen molar-refractivity contribution >= 4 is 27.5 Å². The number of halogens is 5. The van der Waals surface area contributed by atoms with Crippen LogP contribution in [-0.4, -0.2) is 10.9 Å². The summed E-state index contributed by atoms with van der Waals surface area (Å²) in [4.78, 5) is 24.8. The first-order valence-corrected chi connectivity index (χ1v) is 7.97. The molecular formula is C20H7F5O4. The fourth-order valence-electron chi connectivity index (χ4n) is 3.08. The molecule has 4 rings (SSSR count). The summed E-state index contributed by atoms with van der Waals surface area (Å²) in [5, 5.41) is 11.3. The van der Waals surface area contributed by atoms with Gasteiger partial charge < -0.3 is 9.52 Å². The summed E-state index contributed by atoms with van der Waals surface area (Å²) in [6, 6.07) is 9.30. The van der Waals surface area contributed by atoms with Gasteiger partial charge in [-0.05, 0) is 16.8 Å². The summed E-state index contributed by atoms with van der Waals surface area (Å²) >= 11 is 0. The highest BCUT2D eigenvalue weighted by Crippen LogP contribution is 2.35. The third kappa shape index (κ3) is 2.58. The summed E-state index contributed by atoms with van der Waals surface area (Å²) in [7, 11) is 0. The smallest absolute Gasteiger partial charge is 0.351 e. The Balaban J connectivity index is 2.09. The Hall–Kier alpha value is -3.75. The number of fused-ring (bicyclic) bond motifs is 3. The fraction of sp³-hybridized carbons (Fsp3) is 0. The molecule has 4 nitrogen and oxygen atoms in total. The molecule has 0 aliphatic heterocycles. The number of carbonyl (C=O) groups is 1. The monoisotopic (exact) mass is 406 g/mol. The number of ketones is 1. The lowest BCUT2D eigenvalue weighted by Crippen LogP contribution is -2.20. The highest BCUT2D eigenvalue weighted by atomic mass is 19.2. The standard InChI is InChI=1S/C20H7F5O4/c21-13-11(14(22)16(24)17(25)15(13)23)19(27)12-18(26)10-8-4-2-1-3-7(8)5-6-9(10)29-20(12)28/h1-6,26H. The normalized spacial score (nSPS) is 11.3. The molecule has 0 aliphatic rings. The van der Waals surface area contributed by atoms with Gasteiger partial charge in [0, 0.05) is 0 Å². The Morgan fingerprint density at radius 2 is 1.38 bits per heavy atom. The number of hydrogen-bond acceptors (Lipinski definition) is 4. The molecule has 0 unspecified atom stereocenters. The van der Waals surface area contributed by atoms with Gasteiger partial charge in [-0.2, -0.15) is 0 Å². The molecule has 9 heteroatoms. The molecule has 0 aliphatic carbocycles. The van der Waals surface area contributed by atoms with Gasteiger partial charge in [0.2, 0.25) is 11.6 Å². The second-order valence-corrected chi connectivity index (χ2v) is 6.05. The molecule has 1 N–H and O–H groups in total. The lowest BCUT2D eigenvalue weighted by Gasteiger charge is -2.10. The molecule has 29 heavy (non-hydrogen) atoms. The number of benzene rings is 3. The number of rotatable bonds is 2. The van der Waals surface area contributed by atoms with Gasteiger partial charge in [0.25, 0.3) is 0 Å². The van der Waals surface area contributed by atoms with Crippen LogP contribution in [0.1, 0.15) is 15.9 Å². The maximum Gasteiger partial charge on any atom is 0.351 e. The SMILES string of the molecule is O=C(c1c(F)c(F)c(F)c(F)c1F)c1c(O)c2c(ccc3ccccc32)oc1=O. The van der Waals surface area contributed by atoms with Crippen molar-refractivity contribution in [2.45, 2.75) is 0 Å². The molecule has 0 saturated heterocycles. The van der Waals surface area contributed by atoms with Gasteiger partial charge in [-0.25, -0.2) is 26.7 Å². The van der Waals surface area contributed by atoms with Crippen molar-refractivity contribution in [2.24, 2.45) is 0 Å². The van der Waals surface area contributed by atoms with Crippen molar-refractivity contribution in [2.75, 3.05) is 0 Å². The Morgan fingerprint density at radius 3 is 2.03 bits per heavy atom. The zero-order chi connectivity index (χ0) is 21.0. The fourth-order valence-corrected chi connectivity index (χ4v) is 3.08. The summed E-state index contributed by atoms with van der Waals surface area (Å²) in [5.41, 5.74) is -4.76. The van der Waals surface area contributed by atoms with E-state index in [0.717, 1.165) is 0 Å². The van der Waals surface area contributed by atoms with E-state index in [0.29, 0.717) is 10.8 Å². The van der Waals surface area contributed by atoms with Gasteiger partial charge in [0.15, 0.2) is 28.8 Å². The molecule has 0 spiro atoms. The molecule has 3 aromatic carbocycles. The molecular weight excluding hydrogens is 399 g/mol. The summed E-state index contributed by atoms with van der Waals surface area (Å²) < 4.78 is 73.1. The minimum atomic E-state index is -2.46. The van der Waals surface area contributed by atoms with Crippen molar-refractivity contribution in [1.82, 2.24) is 0 Å². The minimum absolute atomic E-state index is 0.130. The maximum atomic E-state index is 14.0. The van der Waals surface area contributed by atoms with Crippen LogP contribution in [-0.2, 0) is 0 Å². The average Bonchev–Trinajstić information content (AvgIpc) is 2.70. The first-order chi connectivity index (χ1) is 13.7. The predicted octanol–water partition coefficient (Wildman–Crippen LogP) is 4.58. The quantitative estimate of drug-likeness (QED) is 0.132. The van der Waals surface area contributed by atoms with Crippen LogP contribution >= 0.6 is 0 Å². The third-order valence-corrected chi connectivity index (χ3v) is 4.44. The van der Waals surface area contributed by atoms with E-state index in [1.165, 1.54) is 12.1 Å². The molecule has 0 fully saturated rings. The van der Waals surface area contributed by atoms with Crippen LogP contribution in [0.15, 0.2) is 45.6 Å². The van der Waals surface area contributed by atoms with E-state index in [-0.39, 0.29) is 11.0 Å². The van der Waals surface area contributed by atoms with Crippen molar-refractivity contribution in [3.8, 4) is 5.75 Å². The van der Waals surface area contributed by atoms with E-state index in [9.17, 15) is 36.6 Å². The van der Waals surface area contributed by atoms with E-state index in [1.54, 1.807) is 24.3 Å². The first-order valence-electron chi connectivity index (χ1n) is 7.97. The van der Waals surface area contributed by atoms with E-state index >= 15 is 0 Å². The van der Waals surface area contributed by atoms with Crippen LogP contribution in [0.4, 0.5) is 22.0 Å². The van der Waals surface area contributed by atoms with Crippen LogP contribution in [0.2, 0.25) is 0 Å². The topological polar surface area (TPSA) is 67.5 Å². The van der Waals surface area contributed by atoms with E-state index in [2.05, 4.69) is 0 Å². The molecule has 0 saturated carbocycles. The van der Waals surface area contributed by atoms with Crippen LogP contribution < -0.4 is 5.63 Å². The lowest BCUT2D eigenvalue weighted by atomic mass is 9.98. The molecule has 0 bridgehead atoms. The molecule has 0 amide bonds. The van der Waals surface area contributed by atoms with E-state index in [4.69, 9.17) is 4.42 Å². The van der Waals surface area contributed by atoms with E-state index < -0.39 is 57.4 Å². The minimum Gasteiger partial charge on any atom is -0.506 e. The largest absolute Gasteiger partial charge is 0.506 e. The van der Waals surface area contributed by atoms with Gasteiger partial charge in [0.05, 0.1) is 5.39 Å². The van der Waals surface area contributed by atoms with Gasteiger partial charge in [-0.1, -0.05) is 30.3 Å². The Labute approximate surface area is 157 Å². The van der Waals surface area contributed by atoms with Crippen LogP contribution in [0.3, 0.4) is 0 Å². The average molecular weight is 406 g/mol. The second kappa shape index (κ2) is 6.40. The second-order valence-electron chi connectivity index (χ2n) is 6.05. The van der Waals surface area contributed by atoms with Crippen molar-refractivity contribution < 1.29 is 36.3 Å². The van der Waals surface area contributed by atoms with Crippen LogP contribution in [0.5, 0.6) is 5.75 Å². The maximum absolute atomic E-state index is 14.0. The first kappa shape index (κ1) is 18.6. The van der Waals surface area contributed by atoms with E-state index in [1.807, 2.05) is 0 Å². The highest BCUT2D eigenvalue weighted by Gasteiger charge is 2.33. The van der Waals surface area contributed by atoms with Gasteiger partial charge in [-0.3, -0.25) is 4.79 Å². The van der Waals surface area contributed by atoms with Crippen molar-refractivity contribution in [3.63, 3.8) is 0 Å². The number of aromatic hydroxyl groups is 1. The zero-order valence-corrected chi connectivity index (χ0v) is 14.0. The molecule has 146 valence electrons. The molecule has 1 aromatic heterocycles. The summed E-state index contributed by atoms with van der Waals surface area (Å²) in [5.74, 6) is -14.9. The molecule has 4 aromatic rings. The van der Waals surface area contributed by atoms with Crippen LogP contribution in [0, 0.1) is 29.1 Å². The predicted molar refractivity (Wildman–Crippen MR) is 91.3 cm³/mol. The van der Waals surface area contributed by atoms with Crippen LogP contribution in [0.25, 0.3) is 21.7 Å². The highest BCUT2D eigenvalue weighted by molar-refractivity contribution is 6.16. The van der Waals surface area contributed by atoms with Gasteiger partial charge >= 0.3 is 5.63 Å². The lowest BCUT2D eigenvalue weighted by molar-refractivity contribution is 0.102. The van der Waals surface area contributed by atoms with Crippen molar-refractivity contribution in [3.05, 3.63) is 87.0 Å². The zero-order valence-electron chi connectivity index (χ0n) is 14.0. The number of carbonyl (C=O) groups excluding carboxylic acids is 1. The number of hydrogen-bond donors (Lipinski definition) is 1. The molecule has 1 heterocycles. The summed E-state index contributed by atoms with van der Waals surface area (Å²) in [6.07, 6.45) is 0. The Kier molecular flexibility index (Phi) is 4.11. The molecule has 0 atom stereocenters. The molecule has 0 radical (unpaired) electrons.